The molecule has 0 bridgehead atoms. The van der Waals surface area contributed by atoms with Gasteiger partial charge in [0.1, 0.15) is 17.9 Å². The van der Waals surface area contributed by atoms with Crippen LogP contribution in [0.15, 0.2) is 40.4 Å². The summed E-state index contributed by atoms with van der Waals surface area (Å²) in [4.78, 5) is 25.3. The molecule has 0 amide bonds. The molecular weight excluding hydrogens is 543 g/mol. The Labute approximate surface area is 228 Å². The second kappa shape index (κ2) is 9.80. The maximum Gasteiger partial charge on any atom is 0.195 e. The van der Waals surface area contributed by atoms with E-state index in [1.54, 1.807) is 13.0 Å². The number of alkyl halides is 3. The molecule has 4 aliphatic rings. The van der Waals surface area contributed by atoms with Gasteiger partial charge in [-0.2, -0.15) is 5.06 Å². The van der Waals surface area contributed by atoms with E-state index in [0.717, 1.165) is 11.1 Å². The number of aliphatic hydroxyl groups is 1. The summed E-state index contributed by atoms with van der Waals surface area (Å²) in [5, 5.41) is 22.8. The molecule has 0 aliphatic heterocycles. The molecule has 208 valence electrons. The first kappa shape index (κ1) is 28.0. The van der Waals surface area contributed by atoms with Crippen LogP contribution in [0.25, 0.3) is 0 Å². The minimum atomic E-state index is -2.28. The van der Waals surface area contributed by atoms with Gasteiger partial charge in [0.05, 0.1) is 12.6 Å². The first-order valence-corrected chi connectivity index (χ1v) is 14.1. The zero-order chi connectivity index (χ0) is 27.6. The molecule has 5 rings (SSSR count). The fourth-order valence-electron chi connectivity index (χ4n) is 8.12. The number of furan rings is 1. The quantitative estimate of drug-likeness (QED) is 0.436. The number of aliphatic hydroxyl groups excluding tert-OH is 1. The lowest BCUT2D eigenvalue weighted by Crippen LogP contribution is -2.68. The van der Waals surface area contributed by atoms with E-state index in [1.807, 2.05) is 0 Å². The van der Waals surface area contributed by atoms with Crippen LogP contribution in [0.5, 0.6) is 0 Å². The summed E-state index contributed by atoms with van der Waals surface area (Å²) in [6.45, 7) is 3.30. The molecule has 0 saturated heterocycles. The van der Waals surface area contributed by atoms with Crippen LogP contribution in [-0.4, -0.2) is 56.8 Å². The van der Waals surface area contributed by atoms with Gasteiger partial charge in [-0.05, 0) is 84.9 Å². The second-order valence-corrected chi connectivity index (χ2v) is 12.8. The Balaban J connectivity index is 1.50. The second-order valence-electron chi connectivity index (χ2n) is 11.5. The summed E-state index contributed by atoms with van der Waals surface area (Å²) >= 11 is 6.34. The normalized spacial score (nSPS) is 42.0. The van der Waals surface area contributed by atoms with E-state index < -0.39 is 69.4 Å². The van der Waals surface area contributed by atoms with Gasteiger partial charge in [0.25, 0.3) is 0 Å². The van der Waals surface area contributed by atoms with Gasteiger partial charge < -0.3 is 14.7 Å². The first-order chi connectivity index (χ1) is 17.8. The molecule has 1 aromatic heterocycles. The van der Waals surface area contributed by atoms with Crippen molar-refractivity contribution < 1.29 is 37.5 Å². The Kier molecular flexibility index (Phi) is 7.21. The van der Waals surface area contributed by atoms with Crippen LogP contribution >= 0.6 is 23.4 Å². The highest BCUT2D eigenvalue weighted by Crippen LogP contribution is 2.70. The number of hydrogen-bond donors (Lipinski definition) is 2. The summed E-state index contributed by atoms with van der Waals surface area (Å²) in [7, 11) is 0. The summed E-state index contributed by atoms with van der Waals surface area (Å²) in [6.07, 6.45) is 0.522. The van der Waals surface area contributed by atoms with Crippen LogP contribution in [0.2, 0.25) is 5.22 Å². The molecule has 3 saturated carbocycles. The number of carbonyl (C=O) groups is 2. The van der Waals surface area contributed by atoms with E-state index in [-0.39, 0.29) is 43.1 Å². The van der Waals surface area contributed by atoms with Crippen molar-refractivity contribution in [3.63, 3.8) is 0 Å². The van der Waals surface area contributed by atoms with Crippen molar-refractivity contribution in [1.82, 2.24) is 5.06 Å². The van der Waals surface area contributed by atoms with E-state index in [0.29, 0.717) is 17.5 Å². The molecule has 38 heavy (non-hydrogen) atoms. The lowest BCUT2D eigenvalue weighted by Gasteiger charge is -2.62. The smallest absolute Gasteiger partial charge is 0.195 e. The van der Waals surface area contributed by atoms with Crippen molar-refractivity contribution >= 4 is 34.3 Å². The van der Waals surface area contributed by atoms with Crippen molar-refractivity contribution in [2.24, 2.45) is 34.5 Å². The van der Waals surface area contributed by atoms with Gasteiger partial charge in [0.2, 0.25) is 0 Å². The molecule has 6 nitrogen and oxygen atoms in total. The van der Waals surface area contributed by atoms with Crippen LogP contribution in [0, 0.1) is 34.5 Å². The Bertz CT molecular complexity index is 1190. The lowest BCUT2D eigenvalue weighted by molar-refractivity contribution is -0.201. The largest absolute Gasteiger partial charge is 0.448 e. The predicted molar refractivity (Wildman–Crippen MR) is 135 cm³/mol. The van der Waals surface area contributed by atoms with E-state index >= 15 is 8.78 Å². The van der Waals surface area contributed by atoms with Crippen molar-refractivity contribution in [1.29, 1.82) is 0 Å². The van der Waals surface area contributed by atoms with Crippen LogP contribution in [0.3, 0.4) is 0 Å². The number of nitrogens with zero attached hydrogens (tertiary/aromatic N) is 1. The molecule has 0 radical (unpaired) electrons. The summed E-state index contributed by atoms with van der Waals surface area (Å²) < 4.78 is 51.6. The van der Waals surface area contributed by atoms with Gasteiger partial charge in [-0.25, -0.2) is 13.2 Å². The first-order valence-electron chi connectivity index (χ1n) is 12.7. The van der Waals surface area contributed by atoms with Crippen LogP contribution in [0.4, 0.5) is 13.2 Å². The molecule has 1 aromatic rings. The average Bonchev–Trinajstić information content (AvgIpc) is 3.36. The number of allylic oxidation sites excluding steroid dienone is 4. The minimum absolute atomic E-state index is 0.00560. The Morgan fingerprint density at radius 3 is 2.68 bits per heavy atom. The van der Waals surface area contributed by atoms with Gasteiger partial charge in [-0.3, -0.25) is 9.59 Å². The van der Waals surface area contributed by atoms with Gasteiger partial charge in [-0.1, -0.05) is 24.8 Å². The monoisotopic (exact) mass is 573 g/mol. The Morgan fingerprint density at radius 1 is 1.29 bits per heavy atom. The standard InChI is InChI=1S/C27H31ClF3NO5S/c1-25-10-21(34)27(31)18(9-20(30)19-8-15(33)5-6-26(19,27)2)17(25)7-14(23(25)24(35)38-13-29)11-32(36)12-16-3-4-22(28)37-16/h3-6,8,14,17-18,20-21,23,34,36H,7,9-13H2,1-2H3/t14-,17?,18-,20-,21-,23+,25-,26-,27-/m0/s1. The molecule has 0 aromatic carbocycles. The highest BCUT2D eigenvalue weighted by molar-refractivity contribution is 8.13. The van der Waals surface area contributed by atoms with E-state index in [2.05, 4.69) is 0 Å². The van der Waals surface area contributed by atoms with Crippen molar-refractivity contribution in [2.45, 2.75) is 57.6 Å². The zero-order valence-corrected chi connectivity index (χ0v) is 22.7. The molecule has 9 atom stereocenters. The number of fused-ring (bicyclic) bond motifs is 5. The highest BCUT2D eigenvalue weighted by Gasteiger charge is 2.73. The number of hydroxylamine groups is 2. The molecular formula is C27H31ClF3NO5S. The molecule has 11 heteroatoms. The fourth-order valence-corrected chi connectivity index (χ4v) is 9.03. The molecule has 4 aliphatic carbocycles. The van der Waals surface area contributed by atoms with Crippen molar-refractivity contribution in [3.05, 3.63) is 46.9 Å². The third-order valence-corrected chi connectivity index (χ3v) is 10.5. The SMILES string of the molecule is C[C@]12C[C@H](O)[C@@]3(F)[C@@H](C[C@H](F)C4=CC(=O)C=C[C@@]43C)C1C[C@@H](CN(O)Cc1ccc(Cl)o1)[C@@H]2C(=O)SCF. The maximum atomic E-state index is 17.3. The van der Waals surface area contributed by atoms with Crippen molar-refractivity contribution in [2.75, 3.05) is 12.6 Å². The molecule has 1 heterocycles. The number of thioether (sulfide) groups is 1. The predicted octanol–water partition coefficient (Wildman–Crippen LogP) is 5.47. The topological polar surface area (TPSA) is 91.0 Å². The van der Waals surface area contributed by atoms with Gasteiger partial charge >= 0.3 is 0 Å². The van der Waals surface area contributed by atoms with Gasteiger partial charge in [-0.15, -0.1) is 0 Å². The summed E-state index contributed by atoms with van der Waals surface area (Å²) in [6, 6.07) is 2.21. The van der Waals surface area contributed by atoms with E-state index in [1.165, 1.54) is 25.1 Å². The lowest BCUT2D eigenvalue weighted by atomic mass is 9.45. The zero-order valence-electron chi connectivity index (χ0n) is 21.1. The molecule has 0 spiro atoms. The van der Waals surface area contributed by atoms with Crippen LogP contribution in [0.1, 0.15) is 38.9 Å². The average molecular weight is 574 g/mol. The number of carbonyl (C=O) groups excluding carboxylic acids is 2. The molecule has 2 N–H and O–H groups in total. The number of rotatable bonds is 6. The minimum Gasteiger partial charge on any atom is -0.448 e. The molecule has 3 fully saturated rings. The van der Waals surface area contributed by atoms with Crippen LogP contribution < -0.4 is 0 Å². The number of hydrogen-bond acceptors (Lipinski definition) is 7. The van der Waals surface area contributed by atoms with E-state index in [9.17, 15) is 24.3 Å². The third kappa shape index (κ3) is 4.13. The van der Waals surface area contributed by atoms with Crippen molar-refractivity contribution in [3.8, 4) is 0 Å². The van der Waals surface area contributed by atoms with Gasteiger partial charge in [0, 0.05) is 23.8 Å². The molecule has 1 unspecified atom stereocenters. The number of ketones is 1. The third-order valence-electron chi connectivity index (χ3n) is 9.66. The van der Waals surface area contributed by atoms with Gasteiger partial charge in [0.15, 0.2) is 21.8 Å². The van der Waals surface area contributed by atoms with Crippen LogP contribution in [-0.2, 0) is 16.1 Å². The van der Waals surface area contributed by atoms with E-state index in [4.69, 9.17) is 16.0 Å². The Hall–Kier alpha value is -1.59. The summed E-state index contributed by atoms with van der Waals surface area (Å²) in [5.41, 5.74) is -4.73. The highest BCUT2D eigenvalue weighted by atomic mass is 35.5. The summed E-state index contributed by atoms with van der Waals surface area (Å²) in [5.74, 6) is -2.81. The number of halogens is 4. The fraction of sp³-hybridized carbons (Fsp3) is 0.630. The Morgan fingerprint density at radius 2 is 2.03 bits per heavy atom. The maximum absolute atomic E-state index is 17.3.